The van der Waals surface area contributed by atoms with E-state index >= 15 is 0 Å². The first kappa shape index (κ1) is 16.0. The van der Waals surface area contributed by atoms with Gasteiger partial charge in [-0.1, -0.05) is 38.8 Å². The van der Waals surface area contributed by atoms with E-state index < -0.39 is 26.4 Å². The quantitative estimate of drug-likeness (QED) is 0.742. The van der Waals surface area contributed by atoms with Crippen molar-refractivity contribution >= 4 is 41.9 Å². The van der Waals surface area contributed by atoms with Gasteiger partial charge in [0.1, 0.15) is 0 Å². The lowest BCUT2D eigenvalue weighted by Gasteiger charge is -2.29. The van der Waals surface area contributed by atoms with E-state index in [1.54, 1.807) is 0 Å². The summed E-state index contributed by atoms with van der Waals surface area (Å²) in [5, 5.41) is 0.245. The molecule has 102 valence electrons. The van der Waals surface area contributed by atoms with Crippen LogP contribution in [0.4, 0.5) is 4.39 Å². The van der Waals surface area contributed by atoms with Crippen molar-refractivity contribution in [1.29, 1.82) is 0 Å². The Labute approximate surface area is 123 Å². The number of aromatic nitrogens is 1. The fourth-order valence-corrected chi connectivity index (χ4v) is 5.11. The molecular formula is C10H13Br2FN2O2S. The van der Waals surface area contributed by atoms with Crippen LogP contribution < -0.4 is 4.72 Å². The monoisotopic (exact) mass is 402 g/mol. The molecule has 4 nitrogen and oxygen atoms in total. The van der Waals surface area contributed by atoms with Crippen LogP contribution in [0.3, 0.4) is 0 Å². The maximum absolute atomic E-state index is 13.5. The summed E-state index contributed by atoms with van der Waals surface area (Å²) in [4.78, 5) is 3.58. The number of halogens is 3. The Morgan fingerprint density at radius 3 is 2.50 bits per heavy atom. The maximum Gasteiger partial charge on any atom is 0.261 e. The van der Waals surface area contributed by atoms with Gasteiger partial charge in [0, 0.05) is 16.9 Å². The molecule has 0 fully saturated rings. The minimum Gasteiger partial charge on any atom is -0.241 e. The molecule has 0 aliphatic heterocycles. The van der Waals surface area contributed by atoms with Crippen molar-refractivity contribution in [3.63, 3.8) is 0 Å². The molecule has 1 aromatic heterocycles. The van der Waals surface area contributed by atoms with Crippen molar-refractivity contribution in [2.45, 2.75) is 23.9 Å². The number of sulfonamides is 1. The molecule has 0 bridgehead atoms. The van der Waals surface area contributed by atoms with Crippen LogP contribution in [0.25, 0.3) is 0 Å². The summed E-state index contributed by atoms with van der Waals surface area (Å²) < 4.78 is 40.1. The maximum atomic E-state index is 13.5. The normalized spacial score (nSPS) is 12.7. The lowest BCUT2D eigenvalue weighted by atomic mass is 10.0. The van der Waals surface area contributed by atoms with Gasteiger partial charge in [0.15, 0.2) is 5.82 Å². The van der Waals surface area contributed by atoms with Crippen molar-refractivity contribution in [3.8, 4) is 0 Å². The Morgan fingerprint density at radius 1 is 1.44 bits per heavy atom. The first-order valence-corrected chi connectivity index (χ1v) is 8.90. The number of alkyl halides is 2. The minimum atomic E-state index is -3.98. The predicted octanol–water partition coefficient (Wildman–Crippen LogP) is 2.44. The van der Waals surface area contributed by atoms with Gasteiger partial charge < -0.3 is 0 Å². The molecule has 18 heavy (non-hydrogen) atoms. The Bertz CT molecular complexity index is 498. The molecule has 0 atom stereocenters. The zero-order valence-corrected chi connectivity index (χ0v) is 13.6. The van der Waals surface area contributed by atoms with Crippen LogP contribution in [0.5, 0.6) is 0 Å². The van der Waals surface area contributed by atoms with Gasteiger partial charge in [-0.3, -0.25) is 0 Å². The molecule has 0 aliphatic rings. The molecule has 0 saturated heterocycles. The summed E-state index contributed by atoms with van der Waals surface area (Å²) in [5.74, 6) is -0.862. The van der Waals surface area contributed by atoms with Crippen LogP contribution in [-0.2, 0) is 10.0 Å². The lowest BCUT2D eigenvalue weighted by molar-refractivity contribution is 0.454. The van der Waals surface area contributed by atoms with Crippen LogP contribution in [0.2, 0.25) is 0 Å². The van der Waals surface area contributed by atoms with E-state index in [0.29, 0.717) is 17.1 Å². The molecule has 1 heterocycles. The van der Waals surface area contributed by atoms with Crippen LogP contribution in [0.15, 0.2) is 23.4 Å². The average Bonchev–Trinajstić information content (AvgIpc) is 2.36. The van der Waals surface area contributed by atoms with Crippen LogP contribution in [0.1, 0.15) is 13.3 Å². The molecule has 0 radical (unpaired) electrons. The topological polar surface area (TPSA) is 59.1 Å². The molecule has 0 spiro atoms. The zero-order chi connectivity index (χ0) is 13.8. The fourth-order valence-electron chi connectivity index (χ4n) is 1.25. The molecule has 1 rings (SSSR count). The van der Waals surface area contributed by atoms with Gasteiger partial charge in [-0.2, -0.15) is 0 Å². The molecule has 0 aliphatic carbocycles. The lowest BCUT2D eigenvalue weighted by Crippen LogP contribution is -2.51. The van der Waals surface area contributed by atoms with Crippen molar-refractivity contribution in [3.05, 3.63) is 24.1 Å². The van der Waals surface area contributed by atoms with Gasteiger partial charge in [-0.05, 0) is 18.6 Å². The number of rotatable bonds is 6. The Kier molecular flexibility index (Phi) is 5.69. The first-order chi connectivity index (χ1) is 8.40. The number of nitrogens with zero attached hydrogens (tertiary/aromatic N) is 1. The van der Waals surface area contributed by atoms with E-state index in [4.69, 9.17) is 0 Å². The van der Waals surface area contributed by atoms with Crippen molar-refractivity contribution in [2.75, 3.05) is 10.7 Å². The molecule has 0 amide bonds. The molecular weight excluding hydrogens is 391 g/mol. The SMILES string of the molecule is CCC(CBr)(CBr)NS(=O)(=O)c1ncccc1F. The van der Waals surface area contributed by atoms with E-state index in [9.17, 15) is 12.8 Å². The third-order valence-electron chi connectivity index (χ3n) is 2.52. The Balaban J connectivity index is 3.13. The second-order valence-electron chi connectivity index (χ2n) is 3.80. The fraction of sp³-hybridized carbons (Fsp3) is 0.500. The summed E-state index contributed by atoms with van der Waals surface area (Å²) in [6.07, 6.45) is 1.80. The summed E-state index contributed by atoms with van der Waals surface area (Å²) in [6, 6.07) is 2.41. The summed E-state index contributed by atoms with van der Waals surface area (Å²) in [7, 11) is -3.98. The minimum absolute atomic E-state index is 0.412. The molecule has 0 saturated carbocycles. The van der Waals surface area contributed by atoms with E-state index in [1.165, 1.54) is 12.3 Å². The molecule has 0 aromatic carbocycles. The number of hydrogen-bond donors (Lipinski definition) is 1. The number of pyridine rings is 1. The second kappa shape index (κ2) is 6.40. The van der Waals surface area contributed by atoms with Crippen molar-refractivity contribution in [2.24, 2.45) is 0 Å². The molecule has 0 unspecified atom stereocenters. The third-order valence-corrected chi connectivity index (χ3v) is 6.18. The molecule has 1 N–H and O–H groups in total. The van der Waals surface area contributed by atoms with Gasteiger partial charge in [0.25, 0.3) is 10.0 Å². The predicted molar refractivity (Wildman–Crippen MR) is 75.1 cm³/mol. The summed E-state index contributed by atoms with van der Waals surface area (Å²) in [6.45, 7) is 1.85. The van der Waals surface area contributed by atoms with Crippen molar-refractivity contribution in [1.82, 2.24) is 9.71 Å². The highest BCUT2D eigenvalue weighted by atomic mass is 79.9. The van der Waals surface area contributed by atoms with Gasteiger partial charge in [-0.15, -0.1) is 0 Å². The highest BCUT2D eigenvalue weighted by molar-refractivity contribution is 9.09. The number of hydrogen-bond acceptors (Lipinski definition) is 3. The zero-order valence-electron chi connectivity index (χ0n) is 9.66. The van der Waals surface area contributed by atoms with Gasteiger partial charge in [0.2, 0.25) is 5.03 Å². The van der Waals surface area contributed by atoms with E-state index in [1.807, 2.05) is 6.92 Å². The third kappa shape index (κ3) is 3.49. The van der Waals surface area contributed by atoms with E-state index in [0.717, 1.165) is 6.07 Å². The van der Waals surface area contributed by atoms with Crippen molar-refractivity contribution < 1.29 is 12.8 Å². The largest absolute Gasteiger partial charge is 0.261 e. The highest BCUT2D eigenvalue weighted by Gasteiger charge is 2.33. The van der Waals surface area contributed by atoms with Gasteiger partial charge >= 0.3 is 0 Å². The van der Waals surface area contributed by atoms with Gasteiger partial charge in [-0.25, -0.2) is 22.5 Å². The molecule has 1 aromatic rings. The standard InChI is InChI=1S/C10H13Br2FN2O2S/c1-2-10(6-11,7-12)15-18(16,17)9-8(13)4-3-5-14-9/h3-5,15H,2,6-7H2,1H3. The smallest absolute Gasteiger partial charge is 0.241 e. The average molecular weight is 404 g/mol. The van der Waals surface area contributed by atoms with E-state index in [2.05, 4.69) is 41.6 Å². The summed E-state index contributed by atoms with van der Waals surface area (Å²) >= 11 is 6.53. The van der Waals surface area contributed by atoms with Crippen LogP contribution in [0, 0.1) is 5.82 Å². The van der Waals surface area contributed by atoms with Crippen LogP contribution in [-0.4, -0.2) is 29.6 Å². The van der Waals surface area contributed by atoms with E-state index in [-0.39, 0.29) is 0 Å². The Hall–Kier alpha value is -0.0500. The van der Waals surface area contributed by atoms with Gasteiger partial charge in [0.05, 0.1) is 5.54 Å². The number of nitrogens with one attached hydrogen (secondary N) is 1. The first-order valence-electron chi connectivity index (χ1n) is 5.17. The highest BCUT2D eigenvalue weighted by Crippen LogP contribution is 2.21. The molecule has 8 heteroatoms. The van der Waals surface area contributed by atoms with Crippen LogP contribution >= 0.6 is 31.9 Å². The second-order valence-corrected chi connectivity index (χ2v) is 6.52. The Morgan fingerprint density at radius 2 is 2.06 bits per heavy atom. The summed E-state index contributed by atoms with van der Waals surface area (Å²) in [5.41, 5.74) is -0.706.